The van der Waals surface area contributed by atoms with E-state index in [1.54, 1.807) is 24.3 Å². The Kier molecular flexibility index (Phi) is 3.38. The number of rotatable bonds is 3. The largest absolute Gasteiger partial charge is 0.338 e. The van der Waals surface area contributed by atoms with Gasteiger partial charge in [0.2, 0.25) is 5.88 Å². The Morgan fingerprint density at radius 1 is 1.22 bits per heavy atom. The molecule has 0 aliphatic rings. The zero-order valence-electron chi connectivity index (χ0n) is 9.64. The summed E-state index contributed by atoms with van der Waals surface area (Å²) in [6.07, 6.45) is 1.42. The molecule has 92 valence electrons. The highest BCUT2D eigenvalue weighted by Crippen LogP contribution is 2.12. The summed E-state index contributed by atoms with van der Waals surface area (Å²) in [5.41, 5.74) is 1.06. The van der Waals surface area contributed by atoms with Gasteiger partial charge < -0.3 is 9.84 Å². The zero-order valence-corrected chi connectivity index (χ0v) is 9.64. The van der Waals surface area contributed by atoms with Gasteiger partial charge in [0.15, 0.2) is 5.78 Å². The smallest absolute Gasteiger partial charge is 0.326 e. The van der Waals surface area contributed by atoms with Gasteiger partial charge in [-0.25, -0.2) is 4.79 Å². The van der Waals surface area contributed by atoms with Gasteiger partial charge in [-0.2, -0.15) is 0 Å². The molecule has 0 radical (unpaired) electrons. The minimum atomic E-state index is -0.465. The zero-order chi connectivity index (χ0) is 13.0. The number of ketones is 1. The molecule has 2 amide bonds. The molecule has 2 aromatic rings. The number of amides is 2. The van der Waals surface area contributed by atoms with Crippen LogP contribution in [-0.4, -0.2) is 17.0 Å². The molecule has 2 rings (SSSR count). The topological polar surface area (TPSA) is 84.2 Å². The van der Waals surface area contributed by atoms with Crippen molar-refractivity contribution < 1.29 is 14.1 Å². The summed E-state index contributed by atoms with van der Waals surface area (Å²) in [4.78, 5) is 22.8. The molecule has 0 unspecified atom stereocenters. The minimum absolute atomic E-state index is 0.0608. The van der Waals surface area contributed by atoms with Crippen molar-refractivity contribution in [2.24, 2.45) is 0 Å². The number of nitrogens with zero attached hydrogens (tertiary/aromatic N) is 1. The predicted molar refractivity (Wildman–Crippen MR) is 65.6 cm³/mol. The van der Waals surface area contributed by atoms with Crippen molar-refractivity contribution in [3.05, 3.63) is 42.1 Å². The van der Waals surface area contributed by atoms with E-state index in [1.807, 2.05) is 0 Å². The molecule has 1 aromatic carbocycles. The highest BCUT2D eigenvalue weighted by molar-refractivity contribution is 6.00. The van der Waals surface area contributed by atoms with Crippen LogP contribution in [0.5, 0.6) is 0 Å². The first-order valence-electron chi connectivity index (χ1n) is 5.25. The molecule has 6 nitrogen and oxygen atoms in total. The summed E-state index contributed by atoms with van der Waals surface area (Å²) in [5.74, 6) is 0.185. The highest BCUT2D eigenvalue weighted by atomic mass is 16.5. The third-order valence-corrected chi connectivity index (χ3v) is 2.20. The molecule has 0 bridgehead atoms. The van der Waals surface area contributed by atoms with Crippen molar-refractivity contribution in [1.82, 2.24) is 5.16 Å². The van der Waals surface area contributed by atoms with E-state index in [9.17, 15) is 9.59 Å². The fourth-order valence-electron chi connectivity index (χ4n) is 1.37. The monoisotopic (exact) mass is 245 g/mol. The van der Waals surface area contributed by atoms with Gasteiger partial charge in [-0.05, 0) is 19.1 Å². The second kappa shape index (κ2) is 5.13. The quantitative estimate of drug-likeness (QED) is 0.814. The van der Waals surface area contributed by atoms with Crippen molar-refractivity contribution in [2.75, 3.05) is 10.6 Å². The maximum Gasteiger partial charge on any atom is 0.326 e. The Balaban J connectivity index is 2.03. The van der Waals surface area contributed by atoms with Crippen LogP contribution in [0.15, 0.2) is 41.1 Å². The molecular formula is C12H11N3O3. The number of aromatic nitrogens is 1. The van der Waals surface area contributed by atoms with Crippen molar-refractivity contribution in [3.8, 4) is 0 Å². The van der Waals surface area contributed by atoms with Gasteiger partial charge in [0.05, 0.1) is 6.20 Å². The molecular weight excluding hydrogens is 234 g/mol. The summed E-state index contributed by atoms with van der Waals surface area (Å²) >= 11 is 0. The van der Waals surface area contributed by atoms with Gasteiger partial charge in [-0.15, -0.1) is 0 Å². The number of Topliss-reactive ketones (excluding diaryl/α,β-unsaturated/α-hetero) is 1. The normalized spacial score (nSPS) is 9.83. The van der Waals surface area contributed by atoms with E-state index in [-0.39, 0.29) is 11.7 Å². The molecule has 0 atom stereocenters. The summed E-state index contributed by atoms with van der Waals surface area (Å²) in [6.45, 7) is 1.47. The summed E-state index contributed by atoms with van der Waals surface area (Å²) < 4.78 is 4.73. The van der Waals surface area contributed by atoms with Gasteiger partial charge in [-0.1, -0.05) is 17.3 Å². The molecule has 0 fully saturated rings. The third-order valence-electron chi connectivity index (χ3n) is 2.20. The number of carbonyl (C=O) groups excluding carboxylic acids is 2. The molecule has 18 heavy (non-hydrogen) atoms. The van der Waals surface area contributed by atoms with E-state index < -0.39 is 6.03 Å². The average molecular weight is 245 g/mol. The molecule has 1 heterocycles. The second-order valence-corrected chi connectivity index (χ2v) is 3.59. The predicted octanol–water partition coefficient (Wildman–Crippen LogP) is 2.52. The molecule has 2 N–H and O–H groups in total. The molecule has 0 saturated heterocycles. The lowest BCUT2D eigenvalue weighted by atomic mass is 10.1. The number of carbonyl (C=O) groups is 2. The highest BCUT2D eigenvalue weighted by Gasteiger charge is 2.06. The number of nitrogens with one attached hydrogen (secondary N) is 2. The first-order valence-corrected chi connectivity index (χ1v) is 5.25. The molecule has 0 aliphatic carbocycles. The number of urea groups is 1. The van der Waals surface area contributed by atoms with Crippen LogP contribution in [0.4, 0.5) is 16.4 Å². The fourth-order valence-corrected chi connectivity index (χ4v) is 1.37. The Labute approximate surface area is 103 Å². The summed E-state index contributed by atoms with van der Waals surface area (Å²) in [5, 5.41) is 8.50. The van der Waals surface area contributed by atoms with Gasteiger partial charge in [0.25, 0.3) is 0 Å². The standard InChI is InChI=1S/C12H11N3O3/c1-8(16)9-3-2-4-10(7-9)14-12(17)15-11-5-6-13-18-11/h2-7H,1H3,(H2,14,15,17). The van der Waals surface area contributed by atoms with Gasteiger partial charge >= 0.3 is 6.03 Å². The lowest BCUT2D eigenvalue weighted by Gasteiger charge is -2.05. The Bertz CT molecular complexity index is 564. The van der Waals surface area contributed by atoms with E-state index >= 15 is 0 Å². The molecule has 0 spiro atoms. The van der Waals surface area contributed by atoms with E-state index in [1.165, 1.54) is 19.2 Å². The van der Waals surface area contributed by atoms with E-state index in [2.05, 4.69) is 15.8 Å². The van der Waals surface area contributed by atoms with Gasteiger partial charge in [-0.3, -0.25) is 10.1 Å². The summed E-state index contributed by atoms with van der Waals surface area (Å²) in [7, 11) is 0. The SMILES string of the molecule is CC(=O)c1cccc(NC(=O)Nc2ccno2)c1. The molecule has 1 aromatic heterocycles. The number of anilines is 2. The van der Waals surface area contributed by atoms with Crippen molar-refractivity contribution in [2.45, 2.75) is 6.92 Å². The first kappa shape index (κ1) is 11.8. The lowest BCUT2D eigenvalue weighted by Crippen LogP contribution is -2.19. The maximum atomic E-state index is 11.6. The first-order chi connectivity index (χ1) is 8.65. The maximum absolute atomic E-state index is 11.6. The van der Waals surface area contributed by atoms with Crippen LogP contribution >= 0.6 is 0 Å². The fraction of sp³-hybridized carbons (Fsp3) is 0.0833. The Hall–Kier alpha value is -2.63. The molecule has 6 heteroatoms. The van der Waals surface area contributed by atoms with E-state index in [0.717, 1.165) is 0 Å². The van der Waals surface area contributed by atoms with Gasteiger partial charge in [0, 0.05) is 17.3 Å². The van der Waals surface area contributed by atoms with Crippen LogP contribution in [-0.2, 0) is 0 Å². The second-order valence-electron chi connectivity index (χ2n) is 3.59. The van der Waals surface area contributed by atoms with Crippen molar-refractivity contribution in [1.29, 1.82) is 0 Å². The van der Waals surface area contributed by atoms with Crippen LogP contribution < -0.4 is 10.6 Å². The van der Waals surface area contributed by atoms with E-state index in [0.29, 0.717) is 11.3 Å². The molecule has 0 saturated carbocycles. The van der Waals surface area contributed by atoms with E-state index in [4.69, 9.17) is 4.52 Å². The van der Waals surface area contributed by atoms with Crippen LogP contribution in [0, 0.1) is 0 Å². The van der Waals surface area contributed by atoms with Crippen molar-refractivity contribution in [3.63, 3.8) is 0 Å². The average Bonchev–Trinajstić information content (AvgIpc) is 2.82. The lowest BCUT2D eigenvalue weighted by molar-refractivity contribution is 0.101. The number of hydrogen-bond acceptors (Lipinski definition) is 4. The third kappa shape index (κ3) is 2.94. The minimum Gasteiger partial charge on any atom is -0.338 e. The number of hydrogen-bond donors (Lipinski definition) is 2. The van der Waals surface area contributed by atoms with Crippen LogP contribution in [0.2, 0.25) is 0 Å². The van der Waals surface area contributed by atoms with Crippen molar-refractivity contribution >= 4 is 23.4 Å². The van der Waals surface area contributed by atoms with Crippen LogP contribution in [0.1, 0.15) is 17.3 Å². The van der Waals surface area contributed by atoms with Gasteiger partial charge in [0.1, 0.15) is 0 Å². The number of benzene rings is 1. The Morgan fingerprint density at radius 3 is 2.72 bits per heavy atom. The summed E-state index contributed by atoms with van der Waals surface area (Å²) in [6, 6.07) is 7.72. The van der Waals surface area contributed by atoms with Crippen LogP contribution in [0.3, 0.4) is 0 Å². The Morgan fingerprint density at radius 2 is 2.06 bits per heavy atom. The molecule has 0 aliphatic heterocycles. The van der Waals surface area contributed by atoms with Crippen LogP contribution in [0.25, 0.3) is 0 Å².